The molecule has 21 heavy (non-hydrogen) atoms. The van der Waals surface area contributed by atoms with E-state index in [1.165, 1.54) is 17.0 Å². The van der Waals surface area contributed by atoms with Crippen LogP contribution in [-0.2, 0) is 4.79 Å². The lowest BCUT2D eigenvalue weighted by Gasteiger charge is -2.10. The summed E-state index contributed by atoms with van der Waals surface area (Å²) in [6.45, 7) is 0.341. The van der Waals surface area contributed by atoms with E-state index < -0.39 is 11.7 Å². The summed E-state index contributed by atoms with van der Waals surface area (Å²) in [6, 6.07) is 4.09. The summed E-state index contributed by atoms with van der Waals surface area (Å²) in [5.41, 5.74) is 5.61. The molecule has 2 amide bonds. The Balaban J connectivity index is 2.64. The summed E-state index contributed by atoms with van der Waals surface area (Å²) in [5, 5.41) is 2.51. The maximum Gasteiger partial charge on any atom is 0.254 e. The van der Waals surface area contributed by atoms with E-state index in [0.717, 1.165) is 0 Å². The van der Waals surface area contributed by atoms with E-state index in [2.05, 4.69) is 17.2 Å². The summed E-state index contributed by atoms with van der Waals surface area (Å²) in [6.07, 6.45) is 0.167. The van der Waals surface area contributed by atoms with Gasteiger partial charge in [0.25, 0.3) is 5.91 Å². The normalized spacial score (nSPS) is 9.52. The number of nitrogens with two attached hydrogens (primary N) is 1. The van der Waals surface area contributed by atoms with Crippen LogP contribution in [0.25, 0.3) is 0 Å². The van der Waals surface area contributed by atoms with Crippen molar-refractivity contribution in [3.8, 4) is 11.8 Å². The van der Waals surface area contributed by atoms with Crippen LogP contribution in [0, 0.1) is 17.7 Å². The van der Waals surface area contributed by atoms with E-state index in [4.69, 9.17) is 5.73 Å². The van der Waals surface area contributed by atoms with Crippen molar-refractivity contribution in [2.24, 2.45) is 5.73 Å². The maximum atomic E-state index is 13.8. The van der Waals surface area contributed by atoms with Gasteiger partial charge in [-0.2, -0.15) is 0 Å². The number of hydrogen-bond donors (Lipinski definition) is 2. The van der Waals surface area contributed by atoms with Crippen molar-refractivity contribution < 1.29 is 14.0 Å². The predicted octanol–water partition coefficient (Wildman–Crippen LogP) is 0.344. The predicted molar refractivity (Wildman–Crippen MR) is 78.0 cm³/mol. The van der Waals surface area contributed by atoms with Gasteiger partial charge in [0.1, 0.15) is 5.82 Å². The third-order valence-electron chi connectivity index (χ3n) is 2.67. The number of nitrogens with one attached hydrogen (secondary N) is 1. The highest BCUT2D eigenvalue weighted by atomic mass is 19.1. The van der Waals surface area contributed by atoms with Crippen molar-refractivity contribution in [3.05, 3.63) is 35.1 Å². The third-order valence-corrected chi connectivity index (χ3v) is 2.67. The van der Waals surface area contributed by atoms with E-state index >= 15 is 0 Å². The molecule has 0 saturated carbocycles. The average molecular weight is 291 g/mol. The molecule has 1 rings (SSSR count). The summed E-state index contributed by atoms with van der Waals surface area (Å²) in [4.78, 5) is 24.6. The second kappa shape index (κ2) is 8.02. The van der Waals surface area contributed by atoms with Gasteiger partial charge in [-0.15, -0.1) is 0 Å². The van der Waals surface area contributed by atoms with Crippen molar-refractivity contribution in [2.75, 3.05) is 27.2 Å². The van der Waals surface area contributed by atoms with Crippen LogP contribution in [0.15, 0.2) is 18.2 Å². The quantitative estimate of drug-likeness (QED) is 0.786. The Bertz CT molecular complexity index is 588. The minimum atomic E-state index is -0.657. The highest BCUT2D eigenvalue weighted by Crippen LogP contribution is 2.09. The Kier molecular flexibility index (Phi) is 6.37. The van der Waals surface area contributed by atoms with Crippen LogP contribution in [0.1, 0.15) is 22.3 Å². The van der Waals surface area contributed by atoms with Crippen LogP contribution < -0.4 is 11.1 Å². The minimum absolute atomic E-state index is 0.0781. The standard InChI is InChI=1S/C15H18FN3O2/c1-19(2)14(20)7-9-18-15(21)12-6-5-11(4-3-8-17)10-13(12)16/h5-6,10H,7-9,17H2,1-2H3,(H,18,21). The van der Waals surface area contributed by atoms with E-state index in [1.807, 2.05) is 0 Å². The van der Waals surface area contributed by atoms with E-state index in [-0.39, 0.29) is 31.0 Å². The summed E-state index contributed by atoms with van der Waals surface area (Å²) < 4.78 is 13.8. The number of rotatable bonds is 4. The Morgan fingerprint density at radius 2 is 2.10 bits per heavy atom. The second-order valence-electron chi connectivity index (χ2n) is 4.49. The molecule has 0 spiro atoms. The number of carbonyl (C=O) groups is 2. The van der Waals surface area contributed by atoms with Gasteiger partial charge in [-0.1, -0.05) is 11.8 Å². The van der Waals surface area contributed by atoms with Crippen molar-refractivity contribution in [1.82, 2.24) is 10.2 Å². The number of carbonyl (C=O) groups excluding carboxylic acids is 2. The number of amides is 2. The summed E-state index contributed by atoms with van der Waals surface area (Å²) >= 11 is 0. The molecule has 0 aliphatic carbocycles. The average Bonchev–Trinajstić information content (AvgIpc) is 2.44. The maximum absolute atomic E-state index is 13.8. The molecule has 0 fully saturated rings. The molecule has 0 saturated heterocycles. The van der Waals surface area contributed by atoms with Gasteiger partial charge in [-0.3, -0.25) is 9.59 Å². The van der Waals surface area contributed by atoms with Gasteiger partial charge in [-0.25, -0.2) is 4.39 Å². The first-order valence-electron chi connectivity index (χ1n) is 6.42. The molecule has 3 N–H and O–H groups in total. The van der Waals surface area contributed by atoms with Crippen LogP contribution in [0.4, 0.5) is 4.39 Å². The van der Waals surface area contributed by atoms with Gasteiger partial charge in [-0.05, 0) is 18.2 Å². The van der Waals surface area contributed by atoms with E-state index in [1.54, 1.807) is 20.2 Å². The van der Waals surface area contributed by atoms with Crippen LogP contribution in [0.3, 0.4) is 0 Å². The van der Waals surface area contributed by atoms with Gasteiger partial charge in [0.15, 0.2) is 0 Å². The minimum Gasteiger partial charge on any atom is -0.351 e. The van der Waals surface area contributed by atoms with Gasteiger partial charge in [0.05, 0.1) is 12.1 Å². The Morgan fingerprint density at radius 1 is 1.38 bits per heavy atom. The molecule has 1 aromatic carbocycles. The first kappa shape index (κ1) is 16.7. The van der Waals surface area contributed by atoms with Crippen LogP contribution in [-0.4, -0.2) is 43.9 Å². The SMILES string of the molecule is CN(C)C(=O)CCNC(=O)c1ccc(C#CCN)cc1F. The van der Waals surface area contributed by atoms with Gasteiger partial charge in [0, 0.05) is 32.6 Å². The van der Waals surface area contributed by atoms with Crippen molar-refractivity contribution in [2.45, 2.75) is 6.42 Å². The molecule has 0 aromatic heterocycles. The first-order valence-corrected chi connectivity index (χ1v) is 6.42. The monoisotopic (exact) mass is 291 g/mol. The molecule has 0 atom stereocenters. The lowest BCUT2D eigenvalue weighted by atomic mass is 10.1. The van der Waals surface area contributed by atoms with Crippen LogP contribution >= 0.6 is 0 Å². The molecule has 0 unspecified atom stereocenters. The molecule has 0 aliphatic heterocycles. The van der Waals surface area contributed by atoms with Crippen LogP contribution in [0.5, 0.6) is 0 Å². The zero-order chi connectivity index (χ0) is 15.8. The molecule has 0 aliphatic rings. The van der Waals surface area contributed by atoms with E-state index in [0.29, 0.717) is 5.56 Å². The van der Waals surface area contributed by atoms with Gasteiger partial charge in [0.2, 0.25) is 5.91 Å². The topological polar surface area (TPSA) is 75.4 Å². The van der Waals surface area contributed by atoms with Crippen molar-refractivity contribution >= 4 is 11.8 Å². The molecular weight excluding hydrogens is 273 g/mol. The molecule has 1 aromatic rings. The molecule has 112 valence electrons. The third kappa shape index (κ3) is 5.24. The fraction of sp³-hybridized carbons (Fsp3) is 0.333. The smallest absolute Gasteiger partial charge is 0.254 e. The molecule has 0 bridgehead atoms. The fourth-order valence-corrected chi connectivity index (χ4v) is 1.53. The van der Waals surface area contributed by atoms with Gasteiger partial charge < -0.3 is 16.0 Å². The Morgan fingerprint density at radius 3 is 2.67 bits per heavy atom. The summed E-state index contributed by atoms with van der Waals surface area (Å²) in [5.74, 6) is 3.97. The van der Waals surface area contributed by atoms with Crippen molar-refractivity contribution in [1.29, 1.82) is 0 Å². The molecule has 5 nitrogen and oxygen atoms in total. The van der Waals surface area contributed by atoms with Gasteiger partial charge >= 0.3 is 0 Å². The number of nitrogens with zero attached hydrogens (tertiary/aromatic N) is 1. The van der Waals surface area contributed by atoms with Crippen LogP contribution in [0.2, 0.25) is 0 Å². The number of halogens is 1. The first-order chi connectivity index (χ1) is 9.95. The zero-order valence-electron chi connectivity index (χ0n) is 12.1. The highest BCUT2D eigenvalue weighted by Gasteiger charge is 2.12. The number of hydrogen-bond acceptors (Lipinski definition) is 3. The second-order valence-corrected chi connectivity index (χ2v) is 4.49. The molecule has 0 radical (unpaired) electrons. The largest absolute Gasteiger partial charge is 0.351 e. The van der Waals surface area contributed by atoms with E-state index in [9.17, 15) is 14.0 Å². The number of benzene rings is 1. The van der Waals surface area contributed by atoms with Crippen molar-refractivity contribution in [3.63, 3.8) is 0 Å². The summed E-state index contributed by atoms with van der Waals surface area (Å²) in [7, 11) is 3.26. The Hall–Kier alpha value is -2.39. The fourth-order valence-electron chi connectivity index (χ4n) is 1.53. The lowest BCUT2D eigenvalue weighted by Crippen LogP contribution is -2.30. The molecule has 6 heteroatoms. The molecule has 0 heterocycles. The molecular formula is C15H18FN3O2. The zero-order valence-corrected chi connectivity index (χ0v) is 12.1. The Labute approximate surface area is 123 Å². The lowest BCUT2D eigenvalue weighted by molar-refractivity contribution is -0.128. The highest BCUT2D eigenvalue weighted by molar-refractivity contribution is 5.94.